The molecule has 15 heavy (non-hydrogen) atoms. The van der Waals surface area contributed by atoms with Gasteiger partial charge in [0.2, 0.25) is 0 Å². The maximum Gasteiger partial charge on any atom is 0.328 e. The number of carboxylic acids is 1. The van der Waals surface area contributed by atoms with Gasteiger partial charge in [0.25, 0.3) is 0 Å². The predicted octanol–water partition coefficient (Wildman–Crippen LogP) is 1.59. The van der Waals surface area contributed by atoms with Crippen molar-refractivity contribution in [3.63, 3.8) is 0 Å². The molecule has 78 valence electrons. The lowest BCUT2D eigenvalue weighted by molar-refractivity contribution is -0.131. The molecular weight excluding hydrogens is 192 g/mol. The Morgan fingerprint density at radius 3 is 2.67 bits per heavy atom. The minimum atomic E-state index is -1.08. The van der Waals surface area contributed by atoms with Crippen molar-refractivity contribution in [1.82, 2.24) is 0 Å². The zero-order valence-corrected chi connectivity index (χ0v) is 8.32. The third-order valence-electron chi connectivity index (χ3n) is 1.89. The number of nitrogens with two attached hydrogens (primary N) is 1. The monoisotopic (exact) mass is 204 g/mol. The minimum absolute atomic E-state index is 0.0925. The summed E-state index contributed by atoms with van der Waals surface area (Å²) < 4.78 is 0. The molecule has 0 saturated carbocycles. The lowest BCUT2D eigenvalue weighted by atomic mass is 10.1. The highest BCUT2D eigenvalue weighted by Crippen LogP contribution is 2.14. The van der Waals surface area contributed by atoms with Crippen molar-refractivity contribution in [2.75, 3.05) is 5.73 Å². The Labute approximate surface area is 87.5 Å². The lowest BCUT2D eigenvalue weighted by Crippen LogP contribution is -2.02. The van der Waals surface area contributed by atoms with Gasteiger partial charge >= 0.3 is 5.97 Å². The van der Waals surface area contributed by atoms with Crippen LogP contribution >= 0.6 is 0 Å². The molecule has 0 radical (unpaired) electrons. The van der Waals surface area contributed by atoms with Crippen LogP contribution in [0.15, 0.2) is 30.4 Å². The maximum atomic E-state index is 10.3. The summed E-state index contributed by atoms with van der Waals surface area (Å²) in [5.74, 6) is -1.08. The molecule has 0 aliphatic rings. The number of anilines is 1. The number of aryl methyl sites for hydroxylation is 1. The topological polar surface area (TPSA) is 87.2 Å². The van der Waals surface area contributed by atoms with Gasteiger partial charge in [0.15, 0.2) is 0 Å². The van der Waals surface area contributed by atoms with E-state index in [2.05, 4.69) is 0 Å². The van der Waals surface area contributed by atoms with E-state index in [-0.39, 0.29) is 5.71 Å². The molecule has 1 aromatic rings. The molecule has 0 amide bonds. The number of nitrogens with one attached hydrogen (secondary N) is 1. The number of aliphatic carboxylic acids is 1. The molecule has 4 N–H and O–H groups in total. The number of hydrogen-bond acceptors (Lipinski definition) is 3. The molecule has 0 unspecified atom stereocenters. The van der Waals surface area contributed by atoms with Crippen LogP contribution in [0.25, 0.3) is 0 Å². The predicted molar refractivity (Wildman–Crippen MR) is 59.2 cm³/mol. The molecule has 4 heteroatoms. The van der Waals surface area contributed by atoms with Crippen LogP contribution in [-0.2, 0) is 4.79 Å². The van der Waals surface area contributed by atoms with Gasteiger partial charge in [-0.2, -0.15) is 0 Å². The van der Waals surface area contributed by atoms with E-state index in [4.69, 9.17) is 16.2 Å². The second kappa shape index (κ2) is 4.41. The Hall–Kier alpha value is -2.10. The van der Waals surface area contributed by atoms with Crippen LogP contribution in [0.5, 0.6) is 0 Å². The SMILES string of the molecule is Cc1ccc(C(=N)/C=C/C(=O)O)c(N)c1. The summed E-state index contributed by atoms with van der Waals surface area (Å²) in [6.45, 7) is 1.90. The summed E-state index contributed by atoms with van der Waals surface area (Å²) in [4.78, 5) is 10.3. The standard InChI is InChI=1S/C11H12N2O2/c1-7-2-3-8(10(13)6-7)9(12)4-5-11(14)15/h2-6,12H,13H2,1H3,(H,14,15)/b5-4+,12-9?. The van der Waals surface area contributed by atoms with Gasteiger partial charge < -0.3 is 16.2 Å². The largest absolute Gasteiger partial charge is 0.478 e. The van der Waals surface area contributed by atoms with Crippen molar-refractivity contribution in [2.24, 2.45) is 0 Å². The van der Waals surface area contributed by atoms with Crippen LogP contribution in [0.2, 0.25) is 0 Å². The molecule has 0 fully saturated rings. The molecule has 1 rings (SSSR count). The van der Waals surface area contributed by atoms with Crippen molar-refractivity contribution in [2.45, 2.75) is 6.92 Å². The summed E-state index contributed by atoms with van der Waals surface area (Å²) in [5.41, 5.74) is 7.83. The fraction of sp³-hybridized carbons (Fsp3) is 0.0909. The Morgan fingerprint density at radius 1 is 1.47 bits per heavy atom. The fourth-order valence-corrected chi connectivity index (χ4v) is 1.17. The highest BCUT2D eigenvalue weighted by atomic mass is 16.4. The minimum Gasteiger partial charge on any atom is -0.478 e. The van der Waals surface area contributed by atoms with E-state index in [1.54, 1.807) is 12.1 Å². The molecule has 0 bridgehead atoms. The third-order valence-corrected chi connectivity index (χ3v) is 1.89. The van der Waals surface area contributed by atoms with Crippen LogP contribution in [0.4, 0.5) is 5.69 Å². The first-order valence-corrected chi connectivity index (χ1v) is 4.37. The number of benzene rings is 1. The Kier molecular flexibility index (Phi) is 3.23. The lowest BCUT2D eigenvalue weighted by Gasteiger charge is -2.04. The molecule has 0 heterocycles. The van der Waals surface area contributed by atoms with E-state index in [1.807, 2.05) is 13.0 Å². The fourth-order valence-electron chi connectivity index (χ4n) is 1.17. The van der Waals surface area contributed by atoms with Gasteiger partial charge in [-0.25, -0.2) is 4.79 Å². The number of hydrogen-bond donors (Lipinski definition) is 3. The first-order valence-electron chi connectivity index (χ1n) is 4.37. The van der Waals surface area contributed by atoms with E-state index >= 15 is 0 Å². The zero-order valence-electron chi connectivity index (χ0n) is 8.32. The molecular formula is C11H12N2O2. The maximum absolute atomic E-state index is 10.3. The molecule has 0 spiro atoms. The first-order chi connectivity index (χ1) is 7.00. The number of carboxylic acid groups (broad SMARTS) is 1. The van der Waals surface area contributed by atoms with Crippen molar-refractivity contribution < 1.29 is 9.90 Å². The van der Waals surface area contributed by atoms with Gasteiger partial charge in [-0.3, -0.25) is 0 Å². The summed E-state index contributed by atoms with van der Waals surface area (Å²) in [6.07, 6.45) is 2.13. The zero-order chi connectivity index (χ0) is 11.4. The van der Waals surface area contributed by atoms with E-state index < -0.39 is 5.97 Å². The third kappa shape index (κ3) is 2.95. The van der Waals surface area contributed by atoms with Gasteiger partial charge in [-0.15, -0.1) is 0 Å². The summed E-state index contributed by atoms with van der Waals surface area (Å²) in [5, 5.41) is 16.0. The van der Waals surface area contributed by atoms with Crippen LogP contribution in [0.3, 0.4) is 0 Å². The van der Waals surface area contributed by atoms with E-state index in [0.29, 0.717) is 11.3 Å². The second-order valence-electron chi connectivity index (χ2n) is 3.18. The van der Waals surface area contributed by atoms with Gasteiger partial charge in [-0.1, -0.05) is 12.1 Å². The molecule has 0 saturated heterocycles. The van der Waals surface area contributed by atoms with Crippen LogP contribution in [0.1, 0.15) is 11.1 Å². The van der Waals surface area contributed by atoms with Crippen molar-refractivity contribution in [3.05, 3.63) is 41.5 Å². The Balaban J connectivity index is 2.97. The first kappa shape index (κ1) is 11.0. The number of allylic oxidation sites excluding steroid dienone is 1. The number of nitrogen functional groups attached to an aromatic ring is 1. The van der Waals surface area contributed by atoms with Gasteiger partial charge in [0.05, 0.1) is 5.71 Å². The van der Waals surface area contributed by atoms with Gasteiger partial charge in [-0.05, 0) is 24.6 Å². The van der Waals surface area contributed by atoms with E-state index in [0.717, 1.165) is 11.6 Å². The van der Waals surface area contributed by atoms with Crippen molar-refractivity contribution in [1.29, 1.82) is 5.41 Å². The highest BCUT2D eigenvalue weighted by Gasteiger charge is 2.03. The van der Waals surface area contributed by atoms with Crippen molar-refractivity contribution in [3.8, 4) is 0 Å². The smallest absolute Gasteiger partial charge is 0.328 e. The quantitative estimate of drug-likeness (QED) is 0.397. The Morgan fingerprint density at radius 2 is 2.13 bits per heavy atom. The summed E-state index contributed by atoms with van der Waals surface area (Å²) in [6, 6.07) is 5.28. The second-order valence-corrected chi connectivity index (χ2v) is 3.18. The van der Waals surface area contributed by atoms with E-state index in [9.17, 15) is 4.79 Å². The van der Waals surface area contributed by atoms with Crippen LogP contribution in [0, 0.1) is 12.3 Å². The highest BCUT2D eigenvalue weighted by molar-refractivity contribution is 6.11. The molecule has 4 nitrogen and oxygen atoms in total. The van der Waals surface area contributed by atoms with E-state index in [1.165, 1.54) is 6.08 Å². The molecule has 1 aromatic carbocycles. The average molecular weight is 204 g/mol. The molecule has 0 aliphatic carbocycles. The molecule has 0 aliphatic heterocycles. The summed E-state index contributed by atoms with van der Waals surface area (Å²) >= 11 is 0. The summed E-state index contributed by atoms with van der Waals surface area (Å²) in [7, 11) is 0. The Bertz CT molecular complexity index is 436. The van der Waals surface area contributed by atoms with Crippen molar-refractivity contribution >= 4 is 17.4 Å². The number of carbonyl (C=O) groups is 1. The van der Waals surface area contributed by atoms with Crippen LogP contribution in [-0.4, -0.2) is 16.8 Å². The average Bonchev–Trinajstić information content (AvgIpc) is 2.14. The van der Waals surface area contributed by atoms with Gasteiger partial charge in [0.1, 0.15) is 0 Å². The normalized spacial score (nSPS) is 10.5. The van der Waals surface area contributed by atoms with Gasteiger partial charge in [0, 0.05) is 17.3 Å². The number of rotatable bonds is 3. The molecule has 0 atom stereocenters. The molecule has 0 aromatic heterocycles. The van der Waals surface area contributed by atoms with Crippen LogP contribution < -0.4 is 5.73 Å².